The SMILES string of the molecule is CCOC(=O)N1C[C@H](C(=O)O)[C@H](c2ccc(OCCc3nc(-c4ccccc4)oc3C)cc2)C1. The van der Waals surface area contributed by atoms with Crippen molar-refractivity contribution in [2.45, 2.75) is 26.2 Å². The minimum atomic E-state index is -0.921. The number of carboxylic acid groups (broad SMARTS) is 1. The van der Waals surface area contributed by atoms with Crippen molar-refractivity contribution in [2.75, 3.05) is 26.3 Å². The molecule has 178 valence electrons. The van der Waals surface area contributed by atoms with E-state index in [1.54, 1.807) is 6.92 Å². The number of hydrogen-bond donors (Lipinski definition) is 1. The van der Waals surface area contributed by atoms with Crippen LogP contribution in [0.3, 0.4) is 0 Å². The van der Waals surface area contributed by atoms with Crippen LogP contribution in [0.2, 0.25) is 0 Å². The van der Waals surface area contributed by atoms with Crippen LogP contribution in [0.15, 0.2) is 59.0 Å². The van der Waals surface area contributed by atoms with Crippen LogP contribution in [0.25, 0.3) is 11.5 Å². The maximum atomic E-state index is 12.1. The molecule has 1 aliphatic heterocycles. The van der Waals surface area contributed by atoms with Gasteiger partial charge in [0.05, 0.1) is 24.8 Å². The molecule has 8 nitrogen and oxygen atoms in total. The van der Waals surface area contributed by atoms with Crippen LogP contribution < -0.4 is 4.74 Å². The zero-order valence-corrected chi connectivity index (χ0v) is 19.3. The Morgan fingerprint density at radius 3 is 2.53 bits per heavy atom. The quantitative estimate of drug-likeness (QED) is 0.523. The Labute approximate surface area is 198 Å². The van der Waals surface area contributed by atoms with E-state index in [2.05, 4.69) is 4.98 Å². The predicted octanol–water partition coefficient (Wildman–Crippen LogP) is 4.53. The second kappa shape index (κ2) is 10.4. The first-order valence-corrected chi connectivity index (χ1v) is 11.3. The Kier molecular flexibility index (Phi) is 7.15. The van der Waals surface area contributed by atoms with E-state index in [9.17, 15) is 14.7 Å². The fourth-order valence-corrected chi connectivity index (χ4v) is 4.20. The van der Waals surface area contributed by atoms with Gasteiger partial charge in [-0.15, -0.1) is 0 Å². The van der Waals surface area contributed by atoms with Crippen LogP contribution in [0.5, 0.6) is 5.75 Å². The van der Waals surface area contributed by atoms with Gasteiger partial charge in [0.15, 0.2) is 0 Å². The summed E-state index contributed by atoms with van der Waals surface area (Å²) in [5.74, 6) is 0.148. The van der Waals surface area contributed by atoms with E-state index in [4.69, 9.17) is 13.9 Å². The van der Waals surface area contributed by atoms with E-state index >= 15 is 0 Å². The summed E-state index contributed by atoms with van der Waals surface area (Å²) in [6, 6.07) is 17.1. The molecule has 3 aromatic rings. The number of carbonyl (C=O) groups excluding carboxylic acids is 1. The largest absolute Gasteiger partial charge is 0.493 e. The van der Waals surface area contributed by atoms with E-state index in [0.29, 0.717) is 31.2 Å². The van der Waals surface area contributed by atoms with Crippen LogP contribution in [-0.4, -0.2) is 53.4 Å². The number of oxazole rings is 1. The first-order chi connectivity index (χ1) is 16.5. The number of aryl methyl sites for hydroxylation is 1. The third-order valence-electron chi connectivity index (χ3n) is 5.99. The summed E-state index contributed by atoms with van der Waals surface area (Å²) >= 11 is 0. The summed E-state index contributed by atoms with van der Waals surface area (Å²) in [5, 5.41) is 9.63. The topological polar surface area (TPSA) is 102 Å². The molecule has 0 radical (unpaired) electrons. The number of rotatable bonds is 8. The maximum Gasteiger partial charge on any atom is 0.409 e. The van der Waals surface area contributed by atoms with Gasteiger partial charge in [0.2, 0.25) is 5.89 Å². The van der Waals surface area contributed by atoms with Gasteiger partial charge in [-0.05, 0) is 43.7 Å². The highest BCUT2D eigenvalue weighted by Crippen LogP contribution is 2.34. The van der Waals surface area contributed by atoms with Crippen molar-refractivity contribution in [3.8, 4) is 17.2 Å². The molecule has 0 spiro atoms. The van der Waals surface area contributed by atoms with E-state index in [0.717, 1.165) is 22.6 Å². The van der Waals surface area contributed by atoms with Gasteiger partial charge in [-0.2, -0.15) is 0 Å². The Bertz CT molecular complexity index is 1130. The number of nitrogens with zero attached hydrogens (tertiary/aromatic N) is 2. The highest BCUT2D eigenvalue weighted by molar-refractivity contribution is 5.75. The minimum absolute atomic E-state index is 0.138. The zero-order chi connectivity index (χ0) is 24.1. The lowest BCUT2D eigenvalue weighted by Gasteiger charge is -2.16. The molecule has 8 heteroatoms. The lowest BCUT2D eigenvalue weighted by molar-refractivity contribution is -0.141. The van der Waals surface area contributed by atoms with E-state index < -0.39 is 18.0 Å². The Balaban J connectivity index is 1.35. The van der Waals surface area contributed by atoms with Crippen molar-refractivity contribution in [3.05, 3.63) is 71.6 Å². The van der Waals surface area contributed by atoms with Crippen molar-refractivity contribution in [3.63, 3.8) is 0 Å². The van der Waals surface area contributed by atoms with E-state index in [1.807, 2.05) is 61.5 Å². The molecule has 2 heterocycles. The van der Waals surface area contributed by atoms with E-state index in [-0.39, 0.29) is 19.1 Å². The number of benzene rings is 2. The molecule has 0 aliphatic carbocycles. The summed E-state index contributed by atoms with van der Waals surface area (Å²) in [7, 11) is 0. The van der Waals surface area contributed by atoms with Crippen molar-refractivity contribution >= 4 is 12.1 Å². The molecule has 34 heavy (non-hydrogen) atoms. The molecule has 1 aromatic heterocycles. The van der Waals surface area contributed by atoms with Crippen molar-refractivity contribution in [1.82, 2.24) is 9.88 Å². The van der Waals surface area contributed by atoms with E-state index in [1.165, 1.54) is 4.90 Å². The van der Waals surface area contributed by atoms with Gasteiger partial charge in [-0.25, -0.2) is 9.78 Å². The van der Waals surface area contributed by atoms with Gasteiger partial charge >= 0.3 is 12.1 Å². The number of likely N-dealkylation sites (tertiary alicyclic amines) is 1. The number of carboxylic acids is 1. The van der Waals surface area contributed by atoms with Gasteiger partial charge in [0, 0.05) is 31.0 Å². The highest BCUT2D eigenvalue weighted by Gasteiger charge is 2.41. The predicted molar refractivity (Wildman–Crippen MR) is 125 cm³/mol. The van der Waals surface area contributed by atoms with Gasteiger partial charge < -0.3 is 23.9 Å². The standard InChI is InChI=1S/C26H28N2O6/c1-3-32-26(31)28-15-21(22(16-28)25(29)30)18-9-11-20(12-10-18)33-14-13-23-17(2)34-24(27-23)19-7-5-4-6-8-19/h4-12,21-22H,3,13-16H2,1-2H3,(H,29,30)/t21-,22-/m0/s1. The Morgan fingerprint density at radius 2 is 1.85 bits per heavy atom. The number of aromatic nitrogens is 1. The summed E-state index contributed by atoms with van der Waals surface area (Å²) in [5.41, 5.74) is 2.64. The lowest BCUT2D eigenvalue weighted by atomic mass is 9.89. The molecule has 0 unspecified atom stereocenters. The summed E-state index contributed by atoms with van der Waals surface area (Å²) in [6.07, 6.45) is 0.122. The molecule has 1 saturated heterocycles. The molecule has 1 aliphatic rings. The van der Waals surface area contributed by atoms with Gasteiger partial charge in [-0.1, -0.05) is 30.3 Å². The molecule has 1 amide bonds. The molecule has 4 rings (SSSR count). The van der Waals surface area contributed by atoms with Crippen molar-refractivity contribution in [1.29, 1.82) is 0 Å². The number of aliphatic carboxylic acids is 1. The van der Waals surface area contributed by atoms with Crippen LogP contribution in [-0.2, 0) is 16.0 Å². The molecular weight excluding hydrogens is 436 g/mol. The zero-order valence-electron chi connectivity index (χ0n) is 19.3. The smallest absolute Gasteiger partial charge is 0.409 e. The highest BCUT2D eigenvalue weighted by atomic mass is 16.6. The second-order valence-electron chi connectivity index (χ2n) is 8.21. The fraction of sp³-hybridized carbons (Fsp3) is 0.346. The van der Waals surface area contributed by atoms with Crippen molar-refractivity contribution in [2.24, 2.45) is 5.92 Å². The third kappa shape index (κ3) is 5.22. The molecule has 0 saturated carbocycles. The monoisotopic (exact) mass is 464 g/mol. The molecule has 1 fully saturated rings. The van der Waals surface area contributed by atoms with Crippen LogP contribution in [0.1, 0.15) is 29.9 Å². The normalized spacial score (nSPS) is 17.5. The number of carbonyl (C=O) groups is 2. The summed E-state index contributed by atoms with van der Waals surface area (Å²) < 4.78 is 16.7. The van der Waals surface area contributed by atoms with Gasteiger partial charge in [-0.3, -0.25) is 4.79 Å². The average Bonchev–Trinajstić information content (AvgIpc) is 3.45. The number of hydrogen-bond acceptors (Lipinski definition) is 6. The van der Waals surface area contributed by atoms with Gasteiger partial charge in [0.1, 0.15) is 11.5 Å². The van der Waals surface area contributed by atoms with Crippen LogP contribution in [0.4, 0.5) is 4.79 Å². The van der Waals surface area contributed by atoms with Crippen LogP contribution in [0, 0.1) is 12.8 Å². The molecule has 2 atom stereocenters. The Morgan fingerprint density at radius 1 is 1.12 bits per heavy atom. The second-order valence-corrected chi connectivity index (χ2v) is 8.21. The van der Waals surface area contributed by atoms with Crippen LogP contribution >= 0.6 is 0 Å². The first kappa shape index (κ1) is 23.4. The first-order valence-electron chi connectivity index (χ1n) is 11.3. The average molecular weight is 465 g/mol. The lowest BCUT2D eigenvalue weighted by Crippen LogP contribution is -2.30. The fourth-order valence-electron chi connectivity index (χ4n) is 4.20. The van der Waals surface area contributed by atoms with Gasteiger partial charge in [0.25, 0.3) is 0 Å². The molecule has 0 bridgehead atoms. The Hall–Kier alpha value is -3.81. The molecule has 2 aromatic carbocycles. The molecule has 1 N–H and O–H groups in total. The summed E-state index contributed by atoms with van der Waals surface area (Å²) in [6.45, 7) is 4.75. The summed E-state index contributed by atoms with van der Waals surface area (Å²) in [4.78, 5) is 29.9. The minimum Gasteiger partial charge on any atom is -0.493 e. The third-order valence-corrected chi connectivity index (χ3v) is 5.99. The number of ether oxygens (including phenoxy) is 2. The van der Waals surface area contributed by atoms with Crippen molar-refractivity contribution < 1.29 is 28.6 Å². The molecular formula is C26H28N2O6. The number of amides is 1. The maximum absolute atomic E-state index is 12.1.